The highest BCUT2D eigenvalue weighted by molar-refractivity contribution is 7.18. The van der Waals surface area contributed by atoms with Crippen LogP contribution in [0.25, 0.3) is 10.2 Å². The van der Waals surface area contributed by atoms with E-state index in [4.69, 9.17) is 0 Å². The monoisotopic (exact) mass is 505 g/mol. The number of piperidine rings is 1. The number of rotatable bonds is 5. The van der Waals surface area contributed by atoms with Crippen molar-refractivity contribution in [2.45, 2.75) is 37.9 Å². The first-order valence-corrected chi connectivity index (χ1v) is 13.1. The van der Waals surface area contributed by atoms with Crippen molar-refractivity contribution in [2.24, 2.45) is 18.4 Å². The zero-order valence-electron chi connectivity index (χ0n) is 19.8. The second-order valence-corrected chi connectivity index (χ2v) is 11.6. The van der Waals surface area contributed by atoms with Gasteiger partial charge in [0.15, 0.2) is 0 Å². The molecule has 1 spiro atoms. The average Bonchev–Trinajstić information content (AvgIpc) is 3.51. The quantitative estimate of drug-likeness (QED) is 0.570. The molecule has 6 heterocycles. The van der Waals surface area contributed by atoms with E-state index in [-0.39, 0.29) is 5.41 Å². The molecule has 3 aromatic heterocycles. The van der Waals surface area contributed by atoms with E-state index in [1.54, 1.807) is 6.07 Å². The number of hydrogen-bond acceptors (Lipinski definition) is 7. The van der Waals surface area contributed by atoms with E-state index in [1.807, 2.05) is 17.9 Å². The lowest BCUT2D eigenvalue weighted by molar-refractivity contribution is -0.126. The maximum Gasteiger partial charge on any atom is 0.393 e. The number of likely N-dealkylation sites (tertiary alicyclic amines) is 1. The smallest absolute Gasteiger partial charge is 0.355 e. The Bertz CT molecular complexity index is 1190. The lowest BCUT2D eigenvalue weighted by Crippen LogP contribution is -2.59. The topological polar surface area (TPSA) is 62.1 Å². The van der Waals surface area contributed by atoms with Crippen molar-refractivity contribution in [3.63, 3.8) is 0 Å². The van der Waals surface area contributed by atoms with Crippen molar-refractivity contribution in [3.8, 4) is 0 Å². The van der Waals surface area contributed by atoms with Gasteiger partial charge in [-0.15, -0.1) is 11.3 Å². The van der Waals surface area contributed by atoms with Gasteiger partial charge in [0.25, 0.3) is 0 Å². The standard InChI is InChI=1S/C24H30F3N7S/c1-32-11-17(10-31-32)20(16-2-5-28-6-3-16)34-13-23(14-34)4-7-33(12-23)21-19-8-18(9-24(25,26)27)35-22(19)30-15-29-21/h8,10-11,15-16,20,28H,2-7,9,12-14H2,1H3/t20-/m1/s1. The number of fused-ring (bicyclic) bond motifs is 1. The van der Waals surface area contributed by atoms with Gasteiger partial charge < -0.3 is 10.2 Å². The van der Waals surface area contributed by atoms with Crippen LogP contribution in [0.4, 0.5) is 19.0 Å². The van der Waals surface area contributed by atoms with Crippen LogP contribution in [-0.2, 0) is 13.5 Å². The maximum atomic E-state index is 12.9. The number of alkyl halides is 3. The number of halogens is 3. The molecule has 0 radical (unpaired) electrons. The minimum Gasteiger partial charge on any atom is -0.355 e. The van der Waals surface area contributed by atoms with Gasteiger partial charge in [0.1, 0.15) is 17.0 Å². The normalized spacial score (nSPS) is 22.2. The van der Waals surface area contributed by atoms with Gasteiger partial charge in [-0.25, -0.2) is 9.97 Å². The summed E-state index contributed by atoms with van der Waals surface area (Å²) in [6.45, 7) is 5.94. The van der Waals surface area contributed by atoms with Crippen LogP contribution in [0.2, 0.25) is 0 Å². The fraction of sp³-hybridized carbons (Fsp3) is 0.625. The number of aromatic nitrogens is 4. The summed E-state index contributed by atoms with van der Waals surface area (Å²) in [5.41, 5.74) is 1.51. The molecule has 0 amide bonds. The third-order valence-electron chi connectivity index (χ3n) is 7.84. The number of nitrogens with zero attached hydrogens (tertiary/aromatic N) is 6. The van der Waals surface area contributed by atoms with Gasteiger partial charge in [0, 0.05) is 61.3 Å². The number of anilines is 1. The van der Waals surface area contributed by atoms with Crippen molar-refractivity contribution in [1.29, 1.82) is 0 Å². The van der Waals surface area contributed by atoms with Gasteiger partial charge in [-0.3, -0.25) is 9.58 Å². The third-order valence-corrected chi connectivity index (χ3v) is 8.88. The Labute approximate surface area is 206 Å². The minimum atomic E-state index is -4.22. The molecule has 11 heteroatoms. The molecule has 0 saturated carbocycles. The van der Waals surface area contributed by atoms with E-state index >= 15 is 0 Å². The van der Waals surface area contributed by atoms with Crippen LogP contribution < -0.4 is 10.2 Å². The molecule has 6 rings (SSSR count). The summed E-state index contributed by atoms with van der Waals surface area (Å²) in [4.78, 5) is 14.6. The van der Waals surface area contributed by atoms with Gasteiger partial charge in [-0.2, -0.15) is 18.3 Å². The molecule has 0 unspecified atom stereocenters. The Hall–Kier alpha value is -2.24. The molecular weight excluding hydrogens is 475 g/mol. The van der Waals surface area contributed by atoms with Crippen LogP contribution in [0.3, 0.4) is 0 Å². The summed E-state index contributed by atoms with van der Waals surface area (Å²) < 4.78 is 40.7. The van der Waals surface area contributed by atoms with Gasteiger partial charge in [0.05, 0.1) is 18.0 Å². The Morgan fingerprint density at radius 2 is 2.00 bits per heavy atom. The fourth-order valence-electron chi connectivity index (χ4n) is 6.35. The predicted octanol–water partition coefficient (Wildman–Crippen LogP) is 3.78. The first kappa shape index (κ1) is 23.2. The largest absolute Gasteiger partial charge is 0.393 e. The molecule has 3 saturated heterocycles. The van der Waals surface area contributed by atoms with Crippen molar-refractivity contribution >= 4 is 27.4 Å². The fourth-order valence-corrected chi connectivity index (χ4v) is 7.37. The summed E-state index contributed by atoms with van der Waals surface area (Å²) in [6.07, 6.45) is 3.94. The molecule has 7 nitrogen and oxygen atoms in total. The van der Waals surface area contributed by atoms with Crippen LogP contribution in [0.1, 0.15) is 35.7 Å². The lowest BCUT2D eigenvalue weighted by atomic mass is 9.75. The van der Waals surface area contributed by atoms with Gasteiger partial charge in [-0.05, 0) is 44.3 Å². The first-order chi connectivity index (χ1) is 16.8. The van der Waals surface area contributed by atoms with Crippen molar-refractivity contribution < 1.29 is 13.2 Å². The highest BCUT2D eigenvalue weighted by atomic mass is 32.1. The molecule has 35 heavy (non-hydrogen) atoms. The molecule has 3 aliphatic heterocycles. The number of aryl methyl sites for hydroxylation is 1. The molecule has 0 aromatic carbocycles. The van der Waals surface area contributed by atoms with Gasteiger partial charge >= 0.3 is 6.18 Å². The van der Waals surface area contributed by atoms with Crippen molar-refractivity contribution in [1.82, 2.24) is 30.0 Å². The Morgan fingerprint density at radius 1 is 1.20 bits per heavy atom. The Kier molecular flexibility index (Phi) is 5.76. The van der Waals surface area contributed by atoms with Gasteiger partial charge in [-0.1, -0.05) is 0 Å². The highest BCUT2D eigenvalue weighted by Crippen LogP contribution is 2.48. The zero-order valence-corrected chi connectivity index (χ0v) is 20.6. The second kappa shape index (κ2) is 8.70. The lowest BCUT2D eigenvalue weighted by Gasteiger charge is -2.53. The number of hydrogen-bond donors (Lipinski definition) is 1. The minimum absolute atomic E-state index is 0.204. The molecule has 3 fully saturated rings. The van der Waals surface area contributed by atoms with Crippen LogP contribution >= 0.6 is 11.3 Å². The molecular formula is C24H30F3N7S. The summed E-state index contributed by atoms with van der Waals surface area (Å²) in [7, 11) is 1.97. The molecule has 3 aromatic rings. The third kappa shape index (κ3) is 4.53. The summed E-state index contributed by atoms with van der Waals surface area (Å²) in [5, 5.41) is 8.68. The Morgan fingerprint density at radius 3 is 2.71 bits per heavy atom. The second-order valence-electron chi connectivity index (χ2n) is 10.5. The molecule has 3 aliphatic rings. The molecule has 188 valence electrons. The molecule has 1 N–H and O–H groups in total. The number of thiophene rings is 1. The van der Waals surface area contributed by atoms with Crippen LogP contribution in [0.15, 0.2) is 24.8 Å². The van der Waals surface area contributed by atoms with E-state index in [9.17, 15) is 13.2 Å². The van der Waals surface area contributed by atoms with E-state index < -0.39 is 12.6 Å². The van der Waals surface area contributed by atoms with Crippen molar-refractivity contribution in [2.75, 3.05) is 44.2 Å². The summed E-state index contributed by atoms with van der Waals surface area (Å²) in [5.74, 6) is 1.40. The summed E-state index contributed by atoms with van der Waals surface area (Å²) in [6, 6.07) is 2.02. The molecule has 0 bridgehead atoms. The maximum absolute atomic E-state index is 12.9. The summed E-state index contributed by atoms with van der Waals surface area (Å²) >= 11 is 1.12. The van der Waals surface area contributed by atoms with Gasteiger partial charge in [0.2, 0.25) is 0 Å². The molecule has 0 aliphatic carbocycles. The van der Waals surface area contributed by atoms with Crippen LogP contribution in [0, 0.1) is 11.3 Å². The average molecular weight is 506 g/mol. The van der Waals surface area contributed by atoms with Crippen LogP contribution in [0.5, 0.6) is 0 Å². The Balaban J connectivity index is 1.19. The van der Waals surface area contributed by atoms with Crippen LogP contribution in [-0.4, -0.2) is 70.1 Å². The van der Waals surface area contributed by atoms with E-state index in [1.165, 1.54) is 24.7 Å². The first-order valence-electron chi connectivity index (χ1n) is 12.3. The zero-order chi connectivity index (χ0) is 24.2. The predicted molar refractivity (Wildman–Crippen MR) is 130 cm³/mol. The number of nitrogens with one attached hydrogen (secondary N) is 1. The van der Waals surface area contributed by atoms with E-state index in [2.05, 4.69) is 36.4 Å². The highest BCUT2D eigenvalue weighted by Gasteiger charge is 2.51. The van der Waals surface area contributed by atoms with E-state index in [0.717, 1.165) is 68.2 Å². The SMILES string of the molecule is Cn1cc([C@@H](C2CCNCC2)N2CC3(CCN(c4ncnc5sc(CC(F)(F)F)cc45)C3)C2)cn1. The van der Waals surface area contributed by atoms with Crippen molar-refractivity contribution in [3.05, 3.63) is 35.2 Å². The van der Waals surface area contributed by atoms with E-state index in [0.29, 0.717) is 21.7 Å². The molecule has 1 atom stereocenters.